The lowest BCUT2D eigenvalue weighted by molar-refractivity contribution is 0.104. The van der Waals surface area contributed by atoms with E-state index in [9.17, 15) is 23.1 Å². The van der Waals surface area contributed by atoms with Crippen LogP contribution in [-0.4, -0.2) is 53.3 Å². The molecule has 1 amide bonds. The van der Waals surface area contributed by atoms with Gasteiger partial charge in [0.1, 0.15) is 0 Å². The van der Waals surface area contributed by atoms with Crippen molar-refractivity contribution in [1.29, 1.82) is 0 Å². The first-order chi connectivity index (χ1) is 13.9. The number of hydrogen-bond donors (Lipinski definition) is 3. The highest BCUT2D eigenvalue weighted by atomic mass is 32.2. The van der Waals surface area contributed by atoms with E-state index in [0.29, 0.717) is 32.8 Å². The fraction of sp³-hybridized carbons (Fsp3) is 0.421. The predicted octanol–water partition coefficient (Wildman–Crippen LogP) is 3.10. The maximum atomic E-state index is 12.6. The summed E-state index contributed by atoms with van der Waals surface area (Å²) < 4.78 is 27.2. The molecule has 1 aromatic carbocycles. The molecule has 0 atom stereocenters. The maximum absolute atomic E-state index is 12.6. The Balaban J connectivity index is 1.86. The Kier molecular flexibility index (Phi) is 7.56. The van der Waals surface area contributed by atoms with E-state index in [1.54, 1.807) is 6.07 Å². The molecular formula is C19H26N4O5S2. The van der Waals surface area contributed by atoms with E-state index in [1.807, 2.05) is 25.1 Å². The number of carbonyl (C=O) groups is 2. The van der Waals surface area contributed by atoms with Crippen LogP contribution in [0.2, 0.25) is 0 Å². The fourth-order valence-electron chi connectivity index (χ4n) is 2.72. The molecule has 9 nitrogen and oxygen atoms in total. The summed E-state index contributed by atoms with van der Waals surface area (Å²) in [6.07, 6.45) is 0.373. The topological polar surface area (TPSA) is 129 Å². The second-order valence-corrected chi connectivity index (χ2v) is 10.2. The molecule has 0 bridgehead atoms. The summed E-state index contributed by atoms with van der Waals surface area (Å²) in [4.78, 5) is 28.6. The zero-order valence-electron chi connectivity index (χ0n) is 17.3. The van der Waals surface area contributed by atoms with Gasteiger partial charge in [0.05, 0.1) is 16.6 Å². The molecule has 0 fully saturated rings. The Morgan fingerprint density at radius 1 is 1.20 bits per heavy atom. The molecule has 0 saturated carbocycles. The number of amides is 1. The number of anilines is 1. The molecule has 1 heterocycles. The standard InChI is InChI=1S/C19H26N4O5S2/c1-13-8-5-6-9-14(13)16(24)15-12-21-17(29-15)20-10-7-11-22-30(27,28)23(18(25)26)19(2,3)4/h5-6,8-9,12,22H,7,10-11H2,1-4H3,(H,20,21)(H,25,26). The summed E-state index contributed by atoms with van der Waals surface area (Å²) in [6.45, 7) is 6.83. The van der Waals surface area contributed by atoms with Crippen LogP contribution >= 0.6 is 11.3 Å². The van der Waals surface area contributed by atoms with Gasteiger partial charge in [-0.1, -0.05) is 35.6 Å². The normalized spacial score (nSPS) is 11.9. The fourth-order valence-corrected chi connectivity index (χ4v) is 4.97. The van der Waals surface area contributed by atoms with Gasteiger partial charge in [0, 0.05) is 18.7 Å². The van der Waals surface area contributed by atoms with Crippen molar-refractivity contribution in [3.8, 4) is 0 Å². The first-order valence-electron chi connectivity index (χ1n) is 9.26. The summed E-state index contributed by atoms with van der Waals surface area (Å²) in [5.41, 5.74) is 0.420. The number of thiazole rings is 1. The molecule has 0 radical (unpaired) electrons. The minimum Gasteiger partial charge on any atom is -0.464 e. The van der Waals surface area contributed by atoms with Crippen LogP contribution in [0, 0.1) is 6.92 Å². The molecule has 0 spiro atoms. The van der Waals surface area contributed by atoms with Crippen molar-refractivity contribution in [2.45, 2.75) is 39.7 Å². The van der Waals surface area contributed by atoms with Crippen molar-refractivity contribution in [3.05, 3.63) is 46.5 Å². The first-order valence-corrected chi connectivity index (χ1v) is 11.5. The number of aromatic nitrogens is 1. The maximum Gasteiger partial charge on any atom is 0.422 e. The average Bonchev–Trinajstić information content (AvgIpc) is 3.08. The minimum absolute atomic E-state index is 0.0512. The second kappa shape index (κ2) is 9.54. The molecule has 0 aliphatic carbocycles. The Morgan fingerprint density at radius 3 is 2.47 bits per heavy atom. The lowest BCUT2D eigenvalue weighted by Gasteiger charge is -2.31. The first kappa shape index (κ1) is 23.8. The van der Waals surface area contributed by atoms with Gasteiger partial charge in [-0.2, -0.15) is 17.4 Å². The third-order valence-electron chi connectivity index (χ3n) is 4.06. The second-order valence-electron chi connectivity index (χ2n) is 7.57. The average molecular weight is 455 g/mol. The van der Waals surface area contributed by atoms with Crippen molar-refractivity contribution in [3.63, 3.8) is 0 Å². The van der Waals surface area contributed by atoms with E-state index in [-0.39, 0.29) is 12.3 Å². The number of benzene rings is 1. The summed E-state index contributed by atoms with van der Waals surface area (Å²) in [6, 6.07) is 7.33. The number of hydrogen-bond acceptors (Lipinski definition) is 7. The molecule has 0 aliphatic rings. The van der Waals surface area contributed by atoms with E-state index in [1.165, 1.54) is 38.3 Å². The molecule has 11 heteroatoms. The number of nitrogens with zero attached hydrogens (tertiary/aromatic N) is 2. The van der Waals surface area contributed by atoms with Gasteiger partial charge in [-0.25, -0.2) is 9.78 Å². The Labute approximate surface area is 180 Å². The molecule has 0 unspecified atom stereocenters. The van der Waals surface area contributed by atoms with Crippen molar-refractivity contribution in [2.24, 2.45) is 0 Å². The van der Waals surface area contributed by atoms with Gasteiger partial charge in [-0.05, 0) is 39.7 Å². The third-order valence-corrected chi connectivity index (χ3v) is 6.76. The molecule has 2 aromatic rings. The number of ketones is 1. The van der Waals surface area contributed by atoms with Crippen molar-refractivity contribution in [1.82, 2.24) is 14.0 Å². The summed E-state index contributed by atoms with van der Waals surface area (Å²) >= 11 is 1.22. The van der Waals surface area contributed by atoms with Crippen LogP contribution in [0.4, 0.5) is 9.93 Å². The quantitative estimate of drug-likeness (QED) is 0.392. The van der Waals surface area contributed by atoms with Gasteiger partial charge in [0.15, 0.2) is 5.13 Å². The highest BCUT2D eigenvalue weighted by Gasteiger charge is 2.36. The van der Waals surface area contributed by atoms with E-state index in [2.05, 4.69) is 15.0 Å². The van der Waals surface area contributed by atoms with Crippen LogP contribution in [0.5, 0.6) is 0 Å². The lowest BCUT2D eigenvalue weighted by atomic mass is 10.0. The monoisotopic (exact) mass is 454 g/mol. The lowest BCUT2D eigenvalue weighted by Crippen LogP contribution is -2.53. The molecule has 1 aromatic heterocycles. The zero-order chi connectivity index (χ0) is 22.5. The smallest absolute Gasteiger partial charge is 0.422 e. The van der Waals surface area contributed by atoms with Gasteiger partial charge >= 0.3 is 16.3 Å². The molecule has 2 rings (SSSR count). The molecular weight excluding hydrogens is 428 g/mol. The van der Waals surface area contributed by atoms with Crippen LogP contribution in [0.15, 0.2) is 30.5 Å². The predicted molar refractivity (Wildman–Crippen MR) is 116 cm³/mol. The van der Waals surface area contributed by atoms with Crippen LogP contribution in [-0.2, 0) is 10.2 Å². The van der Waals surface area contributed by atoms with Crippen LogP contribution in [0.1, 0.15) is 48.0 Å². The molecule has 164 valence electrons. The Morgan fingerprint density at radius 2 is 1.87 bits per heavy atom. The van der Waals surface area contributed by atoms with Crippen molar-refractivity contribution < 1.29 is 23.1 Å². The summed E-state index contributed by atoms with van der Waals surface area (Å²) in [7, 11) is -4.17. The van der Waals surface area contributed by atoms with Crippen molar-refractivity contribution in [2.75, 3.05) is 18.4 Å². The number of carboxylic acid groups (broad SMARTS) is 1. The van der Waals surface area contributed by atoms with Gasteiger partial charge in [-0.3, -0.25) is 4.79 Å². The third kappa shape index (κ3) is 6.00. The molecule has 0 saturated heterocycles. The largest absolute Gasteiger partial charge is 0.464 e. The highest BCUT2D eigenvalue weighted by Crippen LogP contribution is 2.22. The Hall–Kier alpha value is -2.50. The Bertz CT molecular complexity index is 1010. The SMILES string of the molecule is Cc1ccccc1C(=O)c1cnc(NCCCNS(=O)(=O)N(C(=O)O)C(C)(C)C)s1. The number of nitrogens with one attached hydrogen (secondary N) is 2. The molecule has 30 heavy (non-hydrogen) atoms. The van der Waals surface area contributed by atoms with Crippen LogP contribution < -0.4 is 10.0 Å². The van der Waals surface area contributed by atoms with Crippen LogP contribution in [0.25, 0.3) is 0 Å². The highest BCUT2D eigenvalue weighted by molar-refractivity contribution is 7.87. The summed E-state index contributed by atoms with van der Waals surface area (Å²) in [5, 5.41) is 12.8. The van der Waals surface area contributed by atoms with E-state index in [0.717, 1.165) is 5.56 Å². The van der Waals surface area contributed by atoms with Crippen LogP contribution in [0.3, 0.4) is 0 Å². The van der Waals surface area contributed by atoms with Gasteiger partial charge in [0.25, 0.3) is 0 Å². The van der Waals surface area contributed by atoms with E-state index < -0.39 is 21.8 Å². The number of carbonyl (C=O) groups excluding carboxylic acids is 1. The molecule has 0 aliphatic heterocycles. The zero-order valence-corrected chi connectivity index (χ0v) is 18.9. The number of aryl methyl sites for hydroxylation is 1. The van der Waals surface area contributed by atoms with Gasteiger partial charge < -0.3 is 10.4 Å². The summed E-state index contributed by atoms with van der Waals surface area (Å²) in [5.74, 6) is -0.0950. The van der Waals surface area contributed by atoms with E-state index >= 15 is 0 Å². The minimum atomic E-state index is -4.17. The number of rotatable bonds is 9. The van der Waals surface area contributed by atoms with Gasteiger partial charge in [0.2, 0.25) is 5.78 Å². The van der Waals surface area contributed by atoms with Crippen molar-refractivity contribution >= 4 is 38.6 Å². The molecule has 3 N–H and O–H groups in total. The van der Waals surface area contributed by atoms with E-state index in [4.69, 9.17) is 0 Å². The van der Waals surface area contributed by atoms with Gasteiger partial charge in [-0.15, -0.1) is 0 Å².